The summed E-state index contributed by atoms with van der Waals surface area (Å²) in [6.45, 7) is 0. The van der Waals surface area contributed by atoms with Gasteiger partial charge in [0.2, 0.25) is 5.95 Å². The Bertz CT molecular complexity index is 2160. The smallest absolute Gasteiger partial charge is 0.235 e. The van der Waals surface area contributed by atoms with Gasteiger partial charge in [-0.3, -0.25) is 4.57 Å². The van der Waals surface area contributed by atoms with Crippen LogP contribution in [0.1, 0.15) is 0 Å². The molecule has 174 valence electrons. The molecule has 0 fully saturated rings. The molecule has 0 atom stereocenters. The van der Waals surface area contributed by atoms with Crippen molar-refractivity contribution in [2.45, 2.75) is 0 Å². The Balaban J connectivity index is 1.55. The highest BCUT2D eigenvalue weighted by atomic mass is 79.9. The molecule has 0 N–H and O–H groups in total. The molecule has 0 aliphatic heterocycles. The predicted molar refractivity (Wildman–Crippen MR) is 160 cm³/mol. The number of rotatable bonds is 2. The Morgan fingerprint density at radius 2 is 1.35 bits per heavy atom. The van der Waals surface area contributed by atoms with Gasteiger partial charge in [0, 0.05) is 46.4 Å². The number of benzene rings is 5. The van der Waals surface area contributed by atoms with Crippen molar-refractivity contribution in [1.82, 2.24) is 14.5 Å². The van der Waals surface area contributed by atoms with Gasteiger partial charge in [-0.25, -0.2) is 9.97 Å². The van der Waals surface area contributed by atoms with Gasteiger partial charge in [0.15, 0.2) is 0 Å². The minimum absolute atomic E-state index is 0.677. The third-order valence-corrected chi connectivity index (χ3v) is 8.95. The van der Waals surface area contributed by atoms with Crippen molar-refractivity contribution in [3.05, 3.63) is 114 Å². The molecule has 8 aromatic rings. The summed E-state index contributed by atoms with van der Waals surface area (Å²) in [6, 6.07) is 38.1. The Hall–Kier alpha value is -4.06. The fourth-order valence-corrected chi connectivity index (χ4v) is 7.28. The molecule has 3 aromatic heterocycles. The third-order valence-electron chi connectivity index (χ3n) is 7.09. The zero-order chi connectivity index (χ0) is 24.5. The Morgan fingerprint density at radius 3 is 2.24 bits per heavy atom. The zero-order valence-corrected chi connectivity index (χ0v) is 21.9. The SMILES string of the molecule is Brc1cccc2c1c1c3sc4ccccc4c3ccc1n2-c1nc(-c2ccccc2)c2ccccc2n1. The van der Waals surface area contributed by atoms with E-state index in [9.17, 15) is 0 Å². The van der Waals surface area contributed by atoms with Crippen molar-refractivity contribution < 1.29 is 0 Å². The van der Waals surface area contributed by atoms with E-state index in [2.05, 4.69) is 111 Å². The number of hydrogen-bond donors (Lipinski definition) is 0. The molecule has 8 rings (SSSR count). The number of hydrogen-bond acceptors (Lipinski definition) is 3. The van der Waals surface area contributed by atoms with Crippen molar-refractivity contribution in [3.63, 3.8) is 0 Å². The van der Waals surface area contributed by atoms with Gasteiger partial charge < -0.3 is 0 Å². The summed E-state index contributed by atoms with van der Waals surface area (Å²) in [5, 5.41) is 6.05. The molecule has 3 nitrogen and oxygen atoms in total. The molecular formula is C32H18BrN3S. The lowest BCUT2D eigenvalue weighted by atomic mass is 10.1. The first-order valence-corrected chi connectivity index (χ1v) is 13.7. The molecular weight excluding hydrogens is 538 g/mol. The largest absolute Gasteiger partial charge is 0.278 e. The van der Waals surface area contributed by atoms with Crippen LogP contribution >= 0.6 is 27.3 Å². The van der Waals surface area contributed by atoms with E-state index in [0.717, 1.165) is 37.7 Å². The summed E-state index contributed by atoms with van der Waals surface area (Å²) in [5.74, 6) is 0.677. The van der Waals surface area contributed by atoms with E-state index in [1.807, 2.05) is 29.5 Å². The predicted octanol–water partition coefficient (Wildman–Crippen LogP) is 9.52. The van der Waals surface area contributed by atoms with Crippen LogP contribution in [0.4, 0.5) is 0 Å². The topological polar surface area (TPSA) is 30.7 Å². The molecule has 5 aromatic carbocycles. The molecule has 5 heteroatoms. The summed E-state index contributed by atoms with van der Waals surface area (Å²) in [5.41, 5.74) is 5.14. The first kappa shape index (κ1) is 21.1. The van der Waals surface area contributed by atoms with E-state index in [4.69, 9.17) is 9.97 Å². The minimum atomic E-state index is 0.677. The molecule has 0 bridgehead atoms. The molecule has 0 aliphatic carbocycles. The third kappa shape index (κ3) is 3.05. The fourth-order valence-electron chi connectivity index (χ4n) is 5.48. The summed E-state index contributed by atoms with van der Waals surface area (Å²) in [7, 11) is 0. The Morgan fingerprint density at radius 1 is 0.595 bits per heavy atom. The van der Waals surface area contributed by atoms with Gasteiger partial charge in [-0.15, -0.1) is 11.3 Å². The second-order valence-electron chi connectivity index (χ2n) is 9.16. The van der Waals surface area contributed by atoms with E-state index in [1.165, 1.54) is 30.9 Å². The highest BCUT2D eigenvalue weighted by Crippen LogP contribution is 2.45. The van der Waals surface area contributed by atoms with E-state index >= 15 is 0 Å². The number of halogens is 1. The molecule has 0 saturated heterocycles. The molecule has 0 radical (unpaired) electrons. The van der Waals surface area contributed by atoms with Gasteiger partial charge in [-0.2, -0.15) is 0 Å². The van der Waals surface area contributed by atoms with Gasteiger partial charge in [0.05, 0.1) is 22.2 Å². The summed E-state index contributed by atoms with van der Waals surface area (Å²) in [6.07, 6.45) is 0. The van der Waals surface area contributed by atoms with Crippen LogP contribution in [0.2, 0.25) is 0 Å². The van der Waals surface area contributed by atoms with E-state index in [1.54, 1.807) is 0 Å². The monoisotopic (exact) mass is 555 g/mol. The van der Waals surface area contributed by atoms with E-state index in [-0.39, 0.29) is 0 Å². The van der Waals surface area contributed by atoms with Crippen LogP contribution in [0.15, 0.2) is 114 Å². The maximum Gasteiger partial charge on any atom is 0.235 e. The van der Waals surface area contributed by atoms with Crippen molar-refractivity contribution in [1.29, 1.82) is 0 Å². The normalized spacial score (nSPS) is 11.9. The van der Waals surface area contributed by atoms with Crippen molar-refractivity contribution >= 4 is 80.1 Å². The quantitative estimate of drug-likeness (QED) is 0.212. The summed E-state index contributed by atoms with van der Waals surface area (Å²) in [4.78, 5) is 10.3. The van der Waals surface area contributed by atoms with E-state index < -0.39 is 0 Å². The molecule has 3 heterocycles. The molecule has 0 saturated carbocycles. The lowest BCUT2D eigenvalue weighted by Crippen LogP contribution is -2.03. The molecule has 0 unspecified atom stereocenters. The van der Waals surface area contributed by atoms with E-state index in [0.29, 0.717) is 5.95 Å². The average Bonchev–Trinajstić information content (AvgIpc) is 3.49. The van der Waals surface area contributed by atoms with Crippen LogP contribution in [-0.2, 0) is 0 Å². The van der Waals surface area contributed by atoms with Gasteiger partial charge in [-0.1, -0.05) is 94.8 Å². The van der Waals surface area contributed by atoms with Crippen LogP contribution in [0.5, 0.6) is 0 Å². The van der Waals surface area contributed by atoms with Crippen molar-refractivity contribution in [2.75, 3.05) is 0 Å². The number of thiophene rings is 1. The van der Waals surface area contributed by atoms with Crippen LogP contribution in [0.3, 0.4) is 0 Å². The zero-order valence-electron chi connectivity index (χ0n) is 19.5. The van der Waals surface area contributed by atoms with Gasteiger partial charge >= 0.3 is 0 Å². The first-order chi connectivity index (χ1) is 18.3. The van der Waals surface area contributed by atoms with Gasteiger partial charge in [0.1, 0.15) is 0 Å². The fraction of sp³-hybridized carbons (Fsp3) is 0. The van der Waals surface area contributed by atoms with Crippen LogP contribution < -0.4 is 0 Å². The average molecular weight is 556 g/mol. The van der Waals surface area contributed by atoms with Gasteiger partial charge in [0.25, 0.3) is 0 Å². The maximum atomic E-state index is 5.21. The molecule has 37 heavy (non-hydrogen) atoms. The summed E-state index contributed by atoms with van der Waals surface area (Å²) >= 11 is 5.73. The molecule has 0 aliphatic rings. The number of nitrogens with zero attached hydrogens (tertiary/aromatic N) is 3. The Kier molecular flexibility index (Phi) is 4.54. The minimum Gasteiger partial charge on any atom is -0.278 e. The second-order valence-corrected chi connectivity index (χ2v) is 11.1. The standard InChI is InChI=1S/C32H18BrN3S/c33-23-13-8-15-25-28(23)29-26(18-17-21-20-11-5-7-16-27(20)37-31(21)29)36(25)32-34-24-14-6-4-12-22(24)30(35-32)19-9-2-1-3-10-19/h1-18H. The second kappa shape index (κ2) is 7.97. The van der Waals surface area contributed by atoms with Gasteiger partial charge in [-0.05, 0) is 30.3 Å². The lowest BCUT2D eigenvalue weighted by molar-refractivity contribution is 1.01. The first-order valence-electron chi connectivity index (χ1n) is 12.1. The van der Waals surface area contributed by atoms with Crippen LogP contribution in [-0.4, -0.2) is 14.5 Å². The maximum absolute atomic E-state index is 5.21. The lowest BCUT2D eigenvalue weighted by Gasteiger charge is -2.11. The molecule has 0 spiro atoms. The highest BCUT2D eigenvalue weighted by molar-refractivity contribution is 9.10. The number of aromatic nitrogens is 3. The van der Waals surface area contributed by atoms with Crippen LogP contribution in [0.25, 0.3) is 70.1 Å². The van der Waals surface area contributed by atoms with Crippen molar-refractivity contribution in [2.24, 2.45) is 0 Å². The van der Waals surface area contributed by atoms with Crippen LogP contribution in [0, 0.1) is 0 Å². The highest BCUT2D eigenvalue weighted by Gasteiger charge is 2.21. The number of fused-ring (bicyclic) bond motifs is 8. The molecule has 0 amide bonds. The number of para-hydroxylation sites is 1. The summed E-state index contributed by atoms with van der Waals surface area (Å²) < 4.78 is 5.88. The Labute approximate surface area is 224 Å². The van der Waals surface area contributed by atoms with Crippen molar-refractivity contribution in [3.8, 4) is 17.2 Å².